The molecule has 4 heterocycles. The lowest BCUT2D eigenvalue weighted by molar-refractivity contribution is 0.620. The maximum atomic E-state index is 14.1. The molecule has 4 aromatic heterocycles. The van der Waals surface area contributed by atoms with Crippen molar-refractivity contribution in [1.29, 1.82) is 0 Å². The highest BCUT2D eigenvalue weighted by atomic mass is 19.1. The van der Waals surface area contributed by atoms with Crippen molar-refractivity contribution in [3.8, 4) is 28.6 Å². The van der Waals surface area contributed by atoms with Gasteiger partial charge in [0.25, 0.3) is 0 Å². The SMILES string of the molecule is Cc1c(F)ccc2c(-c3ccc4c([N+]#Cc5cccc6nc(-c7c[nH]c8ccccc78)ccc56)cccc4n3)c[nH]c12. The molecule has 198 valence electrons. The molecule has 5 nitrogen and oxygen atoms in total. The molecule has 0 amide bonds. The minimum absolute atomic E-state index is 0.224. The molecule has 0 radical (unpaired) electrons. The average molecular weight is 545 g/mol. The highest BCUT2D eigenvalue weighted by molar-refractivity contribution is 6.00. The maximum absolute atomic E-state index is 14.1. The number of aryl methyl sites for hydroxylation is 1. The number of nitrogens with zero attached hydrogens (tertiary/aromatic N) is 3. The molecule has 0 aliphatic rings. The molecular weight excluding hydrogens is 521 g/mol. The summed E-state index contributed by atoms with van der Waals surface area (Å²) in [6.07, 6.45) is 3.90. The number of hydrogen-bond acceptors (Lipinski definition) is 2. The third-order valence-corrected chi connectivity index (χ3v) is 7.93. The number of H-pyrrole nitrogens is 2. The normalized spacial score (nSPS) is 11.4. The van der Waals surface area contributed by atoms with Crippen LogP contribution in [0, 0.1) is 18.8 Å². The van der Waals surface area contributed by atoms with Crippen LogP contribution in [0.2, 0.25) is 0 Å². The van der Waals surface area contributed by atoms with Crippen molar-refractivity contribution < 1.29 is 4.39 Å². The van der Waals surface area contributed by atoms with Crippen LogP contribution in [0.5, 0.6) is 0 Å². The molecule has 0 aliphatic heterocycles. The Hall–Kier alpha value is -5.80. The molecule has 2 N–H and O–H groups in total. The van der Waals surface area contributed by atoms with Gasteiger partial charge >= 0.3 is 11.8 Å². The molecule has 0 spiro atoms. The largest absolute Gasteiger partial charge is 0.360 e. The van der Waals surface area contributed by atoms with Gasteiger partial charge in [-0.15, -0.1) is 0 Å². The van der Waals surface area contributed by atoms with E-state index in [-0.39, 0.29) is 5.82 Å². The van der Waals surface area contributed by atoms with Gasteiger partial charge in [-0.05, 0) is 72.4 Å². The smallest absolute Gasteiger partial charge is 0.350 e. The molecule has 0 fully saturated rings. The second-order valence-corrected chi connectivity index (χ2v) is 10.4. The first kappa shape index (κ1) is 24.0. The Labute approximate surface area is 240 Å². The highest BCUT2D eigenvalue weighted by Crippen LogP contribution is 2.34. The Morgan fingerprint density at radius 3 is 2.19 bits per heavy atom. The minimum Gasteiger partial charge on any atom is -0.360 e. The van der Waals surface area contributed by atoms with E-state index in [0.717, 1.165) is 77.4 Å². The third-order valence-electron chi connectivity index (χ3n) is 7.93. The lowest BCUT2D eigenvalue weighted by atomic mass is 10.1. The lowest BCUT2D eigenvalue weighted by Crippen LogP contribution is -1.87. The molecular formula is C36H23FN5+. The van der Waals surface area contributed by atoms with Crippen molar-refractivity contribution >= 4 is 49.3 Å². The third kappa shape index (κ3) is 3.83. The minimum atomic E-state index is -0.224. The van der Waals surface area contributed by atoms with Crippen molar-refractivity contribution in [2.24, 2.45) is 0 Å². The van der Waals surface area contributed by atoms with Crippen LogP contribution in [0.3, 0.4) is 0 Å². The van der Waals surface area contributed by atoms with Gasteiger partial charge in [0.2, 0.25) is 0 Å². The van der Waals surface area contributed by atoms with E-state index < -0.39 is 0 Å². The van der Waals surface area contributed by atoms with Crippen LogP contribution in [-0.4, -0.2) is 19.9 Å². The summed E-state index contributed by atoms with van der Waals surface area (Å²) >= 11 is 0. The van der Waals surface area contributed by atoms with Gasteiger partial charge in [-0.25, -0.2) is 14.4 Å². The van der Waals surface area contributed by atoms with Crippen LogP contribution in [0.4, 0.5) is 10.1 Å². The van der Waals surface area contributed by atoms with Gasteiger partial charge in [0, 0.05) is 56.8 Å². The zero-order valence-electron chi connectivity index (χ0n) is 22.6. The summed E-state index contributed by atoms with van der Waals surface area (Å²) in [6.45, 7) is 1.78. The molecule has 8 rings (SSSR count). The van der Waals surface area contributed by atoms with Crippen LogP contribution in [0.25, 0.3) is 71.0 Å². The summed E-state index contributed by atoms with van der Waals surface area (Å²) in [6, 6.07) is 34.9. The van der Waals surface area contributed by atoms with Crippen LogP contribution in [-0.2, 0) is 0 Å². The summed E-state index contributed by atoms with van der Waals surface area (Å²) in [7, 11) is 0. The fourth-order valence-corrected chi connectivity index (χ4v) is 5.72. The van der Waals surface area contributed by atoms with Gasteiger partial charge < -0.3 is 9.97 Å². The quantitative estimate of drug-likeness (QED) is 0.228. The molecule has 0 atom stereocenters. The molecule has 0 bridgehead atoms. The number of benzene rings is 4. The first-order chi connectivity index (χ1) is 20.6. The molecule has 4 aromatic carbocycles. The second-order valence-electron chi connectivity index (χ2n) is 10.4. The van der Waals surface area contributed by atoms with Crippen molar-refractivity contribution in [1.82, 2.24) is 19.9 Å². The van der Waals surface area contributed by atoms with E-state index >= 15 is 0 Å². The number of rotatable bonds is 2. The van der Waals surface area contributed by atoms with E-state index in [2.05, 4.69) is 34.2 Å². The Morgan fingerprint density at radius 1 is 0.643 bits per heavy atom. The van der Waals surface area contributed by atoms with Gasteiger partial charge in [-0.2, -0.15) is 0 Å². The first-order valence-electron chi connectivity index (χ1n) is 13.7. The summed E-state index contributed by atoms with van der Waals surface area (Å²) < 4.78 is 14.1. The predicted octanol–water partition coefficient (Wildman–Crippen LogP) is 9.54. The average Bonchev–Trinajstić information content (AvgIpc) is 3.66. The zero-order chi connectivity index (χ0) is 28.2. The summed E-state index contributed by atoms with van der Waals surface area (Å²) in [5.41, 5.74) is 9.59. The number of hydrogen-bond donors (Lipinski definition) is 2. The van der Waals surface area contributed by atoms with Gasteiger partial charge in [-0.1, -0.05) is 30.3 Å². The lowest BCUT2D eigenvalue weighted by Gasteiger charge is -2.03. The number of para-hydroxylation sites is 1. The number of aromatic nitrogens is 4. The summed E-state index contributed by atoms with van der Waals surface area (Å²) in [5, 5.41) is 4.00. The van der Waals surface area contributed by atoms with E-state index in [1.165, 1.54) is 6.07 Å². The van der Waals surface area contributed by atoms with E-state index in [0.29, 0.717) is 5.56 Å². The van der Waals surface area contributed by atoms with Crippen molar-refractivity contribution in [2.75, 3.05) is 0 Å². The van der Waals surface area contributed by atoms with Gasteiger partial charge in [-0.3, -0.25) is 0 Å². The molecule has 0 saturated carbocycles. The summed E-state index contributed by atoms with van der Waals surface area (Å²) in [4.78, 5) is 21.2. The van der Waals surface area contributed by atoms with E-state index in [9.17, 15) is 4.39 Å². The zero-order valence-corrected chi connectivity index (χ0v) is 22.6. The van der Waals surface area contributed by atoms with E-state index in [1.54, 1.807) is 13.0 Å². The maximum Gasteiger partial charge on any atom is 0.350 e. The fraction of sp³-hybridized carbons (Fsp3) is 0.0278. The number of pyridine rings is 2. The first-order valence-corrected chi connectivity index (χ1v) is 13.7. The number of aromatic amines is 2. The molecule has 0 saturated heterocycles. The Kier molecular flexibility index (Phi) is 5.38. The second kappa shape index (κ2) is 9.39. The number of nitrogens with one attached hydrogen (secondary N) is 2. The molecule has 6 heteroatoms. The Balaban J connectivity index is 1.17. The van der Waals surface area contributed by atoms with Gasteiger partial charge in [0.05, 0.1) is 33.3 Å². The monoisotopic (exact) mass is 544 g/mol. The summed E-state index contributed by atoms with van der Waals surface area (Å²) in [5.74, 6) is -0.224. The Bertz CT molecular complexity index is 2400. The standard InChI is InChI=1S/C36H23FN5/c1-21-29(37)15-12-25-28(20-40-36(21)25)35-17-14-26-31(9-5-11-33(26)42-35)38-18-22-6-4-10-32-23(22)13-16-34(41-32)27-19-39-30-8-3-2-7-24(27)30/h2-17,19-20,39-40H,1H3/q+1. The van der Waals surface area contributed by atoms with Crippen LogP contribution >= 0.6 is 0 Å². The van der Waals surface area contributed by atoms with Gasteiger partial charge in [0.15, 0.2) is 0 Å². The van der Waals surface area contributed by atoms with Crippen LogP contribution in [0.15, 0.2) is 109 Å². The molecule has 8 aromatic rings. The molecule has 42 heavy (non-hydrogen) atoms. The van der Waals surface area contributed by atoms with E-state index in [1.807, 2.05) is 79.1 Å². The van der Waals surface area contributed by atoms with Crippen molar-refractivity contribution in [3.63, 3.8) is 0 Å². The topological polar surface area (TPSA) is 61.7 Å². The van der Waals surface area contributed by atoms with Gasteiger partial charge in [0.1, 0.15) is 11.4 Å². The molecule has 0 unspecified atom stereocenters. The predicted molar refractivity (Wildman–Crippen MR) is 169 cm³/mol. The number of fused-ring (bicyclic) bond motifs is 4. The van der Waals surface area contributed by atoms with Crippen molar-refractivity contribution in [3.05, 3.63) is 131 Å². The van der Waals surface area contributed by atoms with Crippen LogP contribution < -0.4 is 0 Å². The highest BCUT2D eigenvalue weighted by Gasteiger charge is 2.16. The molecule has 0 aliphatic carbocycles. The Morgan fingerprint density at radius 2 is 1.33 bits per heavy atom. The fourth-order valence-electron chi connectivity index (χ4n) is 5.72. The van der Waals surface area contributed by atoms with Crippen LogP contribution in [0.1, 0.15) is 11.1 Å². The van der Waals surface area contributed by atoms with Crippen molar-refractivity contribution in [2.45, 2.75) is 6.92 Å². The number of halogens is 1. The van der Waals surface area contributed by atoms with E-state index in [4.69, 9.17) is 14.8 Å².